The molecule has 2 atom stereocenters. The fourth-order valence-corrected chi connectivity index (χ4v) is 4.28. The van der Waals surface area contributed by atoms with Crippen molar-refractivity contribution in [3.05, 3.63) is 104 Å². The average Bonchev–Trinajstić information content (AvgIpc) is 2.72. The van der Waals surface area contributed by atoms with Crippen molar-refractivity contribution in [2.75, 3.05) is 5.32 Å². The summed E-state index contributed by atoms with van der Waals surface area (Å²) >= 11 is 0. The van der Waals surface area contributed by atoms with Gasteiger partial charge in [-0.15, -0.1) is 0 Å². The van der Waals surface area contributed by atoms with E-state index in [0.717, 1.165) is 34.4 Å². The van der Waals surface area contributed by atoms with Gasteiger partial charge in [0.25, 0.3) is 5.69 Å². The van der Waals surface area contributed by atoms with E-state index in [9.17, 15) is 20.0 Å². The molecule has 0 aliphatic carbocycles. The zero-order valence-electron chi connectivity index (χ0n) is 16.8. The number of aromatic carboxylic acids is 1. The highest BCUT2D eigenvalue weighted by atomic mass is 16.6. The van der Waals surface area contributed by atoms with Gasteiger partial charge in [0.05, 0.1) is 16.5 Å². The standard InChI is InChI=1S/C24H22N2O4/c1-14-3-9-19(15(2)11-14)20-13-23(16-4-7-18(8-5-16)26(29)30)25-22-10-6-17(24(27)28)12-21(20)22/h3-12,20,23,25H,13H2,1-2H3,(H,27,28)/t20-,23-/m1/s1. The van der Waals surface area contributed by atoms with E-state index in [1.54, 1.807) is 24.3 Å². The molecule has 0 radical (unpaired) electrons. The number of benzene rings is 3. The number of fused-ring (bicyclic) bond motifs is 1. The molecule has 4 rings (SSSR count). The molecule has 1 aliphatic heterocycles. The molecule has 0 saturated heterocycles. The van der Waals surface area contributed by atoms with Gasteiger partial charge in [0, 0.05) is 23.7 Å². The largest absolute Gasteiger partial charge is 0.478 e. The van der Waals surface area contributed by atoms with Crippen LogP contribution in [0.5, 0.6) is 0 Å². The van der Waals surface area contributed by atoms with Crippen molar-refractivity contribution in [1.29, 1.82) is 0 Å². The summed E-state index contributed by atoms with van der Waals surface area (Å²) < 4.78 is 0. The number of carboxylic acid groups (broad SMARTS) is 1. The third-order valence-corrected chi connectivity index (χ3v) is 5.78. The summed E-state index contributed by atoms with van der Waals surface area (Å²) in [4.78, 5) is 22.1. The van der Waals surface area contributed by atoms with Gasteiger partial charge in [0.2, 0.25) is 0 Å². The third-order valence-electron chi connectivity index (χ3n) is 5.78. The molecule has 0 unspecified atom stereocenters. The van der Waals surface area contributed by atoms with Crippen LogP contribution in [0.25, 0.3) is 0 Å². The first-order chi connectivity index (χ1) is 14.3. The lowest BCUT2D eigenvalue weighted by atomic mass is 9.78. The molecule has 1 heterocycles. The van der Waals surface area contributed by atoms with Crippen LogP contribution in [0.2, 0.25) is 0 Å². The summed E-state index contributed by atoms with van der Waals surface area (Å²) in [6.07, 6.45) is 0.720. The fourth-order valence-electron chi connectivity index (χ4n) is 4.28. The number of aryl methyl sites for hydroxylation is 2. The van der Waals surface area contributed by atoms with Crippen LogP contribution in [0.3, 0.4) is 0 Å². The molecule has 152 valence electrons. The van der Waals surface area contributed by atoms with Gasteiger partial charge in [-0.3, -0.25) is 10.1 Å². The Morgan fingerprint density at radius 3 is 2.40 bits per heavy atom. The van der Waals surface area contributed by atoms with Gasteiger partial charge in [-0.2, -0.15) is 0 Å². The highest BCUT2D eigenvalue weighted by Gasteiger charge is 2.30. The lowest BCUT2D eigenvalue weighted by Gasteiger charge is -2.35. The Balaban J connectivity index is 1.79. The number of nitrogens with zero attached hydrogens (tertiary/aromatic N) is 1. The number of anilines is 1. The Labute approximate surface area is 174 Å². The van der Waals surface area contributed by atoms with E-state index in [2.05, 4.69) is 37.4 Å². The fraction of sp³-hybridized carbons (Fsp3) is 0.208. The molecule has 0 saturated carbocycles. The predicted octanol–water partition coefficient (Wildman–Crippen LogP) is 5.60. The van der Waals surface area contributed by atoms with Crippen molar-refractivity contribution in [2.45, 2.75) is 32.2 Å². The zero-order valence-corrected chi connectivity index (χ0v) is 16.8. The van der Waals surface area contributed by atoms with Crippen molar-refractivity contribution in [2.24, 2.45) is 0 Å². The van der Waals surface area contributed by atoms with E-state index in [1.807, 2.05) is 6.07 Å². The number of nitro groups is 1. The Morgan fingerprint density at radius 1 is 1.03 bits per heavy atom. The van der Waals surface area contributed by atoms with Crippen molar-refractivity contribution >= 4 is 17.3 Å². The molecule has 0 amide bonds. The smallest absolute Gasteiger partial charge is 0.335 e. The summed E-state index contributed by atoms with van der Waals surface area (Å²) in [5.74, 6) is -0.934. The Bertz CT molecular complexity index is 1140. The number of carbonyl (C=O) groups is 1. The molecule has 0 spiro atoms. The molecule has 2 N–H and O–H groups in total. The Hall–Kier alpha value is -3.67. The molecular weight excluding hydrogens is 380 g/mol. The van der Waals surface area contributed by atoms with Crippen LogP contribution in [-0.2, 0) is 0 Å². The Kier molecular flexibility index (Phi) is 4.99. The second kappa shape index (κ2) is 7.63. The third kappa shape index (κ3) is 3.64. The number of non-ortho nitro benzene ring substituents is 1. The molecule has 6 heteroatoms. The van der Waals surface area contributed by atoms with Crippen LogP contribution >= 0.6 is 0 Å². The van der Waals surface area contributed by atoms with Crippen molar-refractivity contribution < 1.29 is 14.8 Å². The molecule has 30 heavy (non-hydrogen) atoms. The first-order valence-electron chi connectivity index (χ1n) is 9.79. The minimum absolute atomic E-state index is 0.0151. The summed E-state index contributed by atoms with van der Waals surface area (Å²) in [6.45, 7) is 4.13. The molecule has 0 aromatic heterocycles. The van der Waals surface area contributed by atoms with E-state index < -0.39 is 10.9 Å². The van der Waals surface area contributed by atoms with Crippen molar-refractivity contribution in [3.8, 4) is 0 Å². The zero-order chi connectivity index (χ0) is 21.4. The minimum Gasteiger partial charge on any atom is -0.478 e. The molecule has 0 bridgehead atoms. The van der Waals surface area contributed by atoms with Crippen LogP contribution in [-0.4, -0.2) is 16.0 Å². The predicted molar refractivity (Wildman–Crippen MR) is 115 cm³/mol. The minimum atomic E-state index is -0.949. The van der Waals surface area contributed by atoms with Crippen LogP contribution in [0, 0.1) is 24.0 Å². The van der Waals surface area contributed by atoms with Gasteiger partial charge in [0.1, 0.15) is 0 Å². The normalized spacial score (nSPS) is 17.7. The second-order valence-corrected chi connectivity index (χ2v) is 7.80. The molecule has 0 fully saturated rings. The average molecular weight is 402 g/mol. The number of hydrogen-bond donors (Lipinski definition) is 2. The van der Waals surface area contributed by atoms with Gasteiger partial charge >= 0.3 is 5.97 Å². The summed E-state index contributed by atoms with van der Waals surface area (Å²) in [7, 11) is 0. The second-order valence-electron chi connectivity index (χ2n) is 7.80. The highest BCUT2D eigenvalue weighted by Crippen LogP contribution is 2.45. The lowest BCUT2D eigenvalue weighted by Crippen LogP contribution is -2.23. The first kappa shape index (κ1) is 19.6. The molecule has 3 aromatic carbocycles. The van der Waals surface area contributed by atoms with Crippen LogP contribution in [0.4, 0.5) is 11.4 Å². The summed E-state index contributed by atoms with van der Waals surface area (Å²) in [5, 5.41) is 23.9. The maximum atomic E-state index is 11.5. The van der Waals surface area contributed by atoms with Gasteiger partial charge in [-0.25, -0.2) is 4.79 Å². The van der Waals surface area contributed by atoms with E-state index in [0.29, 0.717) is 0 Å². The molecule has 1 aliphatic rings. The van der Waals surface area contributed by atoms with Crippen LogP contribution < -0.4 is 5.32 Å². The number of rotatable bonds is 4. The molecule has 6 nitrogen and oxygen atoms in total. The van der Waals surface area contributed by atoms with Gasteiger partial charge in [0.15, 0.2) is 0 Å². The number of nitro benzene ring substituents is 1. The van der Waals surface area contributed by atoms with Gasteiger partial charge in [-0.05, 0) is 60.7 Å². The summed E-state index contributed by atoms with van der Waals surface area (Å²) in [6, 6.07) is 18.1. The lowest BCUT2D eigenvalue weighted by molar-refractivity contribution is -0.384. The topological polar surface area (TPSA) is 92.5 Å². The number of carboxylic acids is 1. The maximum absolute atomic E-state index is 11.5. The monoisotopic (exact) mass is 402 g/mol. The maximum Gasteiger partial charge on any atom is 0.335 e. The summed E-state index contributed by atoms with van der Waals surface area (Å²) in [5.41, 5.74) is 6.64. The highest BCUT2D eigenvalue weighted by molar-refractivity contribution is 5.89. The molecular formula is C24H22N2O4. The number of nitrogens with one attached hydrogen (secondary N) is 1. The quantitative estimate of drug-likeness (QED) is 0.438. The van der Waals surface area contributed by atoms with E-state index >= 15 is 0 Å². The van der Waals surface area contributed by atoms with E-state index in [-0.39, 0.29) is 23.2 Å². The SMILES string of the molecule is Cc1ccc([C@H]2C[C@H](c3ccc([N+](=O)[O-])cc3)Nc3ccc(C(=O)O)cc32)c(C)c1. The van der Waals surface area contributed by atoms with Crippen LogP contribution in [0.15, 0.2) is 60.7 Å². The van der Waals surface area contributed by atoms with Crippen LogP contribution in [0.1, 0.15) is 56.6 Å². The number of hydrogen-bond acceptors (Lipinski definition) is 4. The van der Waals surface area contributed by atoms with Gasteiger partial charge in [-0.1, -0.05) is 35.9 Å². The van der Waals surface area contributed by atoms with Gasteiger partial charge < -0.3 is 10.4 Å². The van der Waals surface area contributed by atoms with E-state index in [4.69, 9.17) is 0 Å². The first-order valence-corrected chi connectivity index (χ1v) is 9.79. The van der Waals surface area contributed by atoms with Crippen molar-refractivity contribution in [1.82, 2.24) is 0 Å². The molecule has 3 aromatic rings. The van der Waals surface area contributed by atoms with Crippen molar-refractivity contribution in [3.63, 3.8) is 0 Å². The van der Waals surface area contributed by atoms with E-state index in [1.165, 1.54) is 17.7 Å². The Morgan fingerprint density at radius 2 is 1.77 bits per heavy atom.